The molecule has 1 atom stereocenters. The minimum Gasteiger partial charge on any atom is -0.364 e. The number of nitrogens with one attached hydrogen (secondary N) is 1. The molecule has 2 rings (SSSR count). The van der Waals surface area contributed by atoms with Crippen molar-refractivity contribution in [3.05, 3.63) is 65.7 Å². The van der Waals surface area contributed by atoms with E-state index in [1.807, 2.05) is 73.5 Å². The summed E-state index contributed by atoms with van der Waals surface area (Å²) in [6.07, 6.45) is -0.519. The maximum Gasteiger partial charge on any atom is 0.267 e. The molecule has 0 spiro atoms. The van der Waals surface area contributed by atoms with Gasteiger partial charge < -0.3 is 4.74 Å². The van der Waals surface area contributed by atoms with Gasteiger partial charge in [-0.1, -0.05) is 48.0 Å². The molecule has 0 unspecified atom stereocenters. The topological polar surface area (TPSA) is 41.6 Å². The second-order valence-electron chi connectivity index (χ2n) is 5.49. The summed E-state index contributed by atoms with van der Waals surface area (Å²) in [4.78, 5) is 12.3. The van der Waals surface area contributed by atoms with Crippen LogP contribution in [0, 0.1) is 6.92 Å². The molecule has 122 valence electrons. The molecule has 2 aromatic carbocycles. The number of amides is 1. The van der Waals surface area contributed by atoms with Crippen LogP contribution in [-0.2, 0) is 16.1 Å². The number of carbonyl (C=O) groups excluding carboxylic acids is 1. The Bertz CT molecular complexity index is 611. The summed E-state index contributed by atoms with van der Waals surface area (Å²) in [6.45, 7) is 6.90. The number of benzene rings is 2. The summed E-state index contributed by atoms with van der Waals surface area (Å²) in [7, 11) is 0. The lowest BCUT2D eigenvalue weighted by molar-refractivity contribution is -0.132. The van der Waals surface area contributed by atoms with Crippen LogP contribution >= 0.6 is 0 Å². The zero-order valence-electron chi connectivity index (χ0n) is 14.0. The second kappa shape index (κ2) is 8.34. The molecule has 2 aromatic rings. The van der Waals surface area contributed by atoms with Crippen molar-refractivity contribution in [2.45, 2.75) is 33.5 Å². The Hall–Kier alpha value is -2.33. The van der Waals surface area contributed by atoms with Crippen LogP contribution in [0.2, 0.25) is 0 Å². The van der Waals surface area contributed by atoms with Crippen LogP contribution in [0.5, 0.6) is 0 Å². The van der Waals surface area contributed by atoms with Crippen molar-refractivity contribution >= 4 is 11.6 Å². The van der Waals surface area contributed by atoms with Crippen molar-refractivity contribution in [2.24, 2.45) is 0 Å². The molecule has 1 amide bonds. The Labute approximate surface area is 138 Å². The number of hydrazine groups is 1. The van der Waals surface area contributed by atoms with Gasteiger partial charge in [-0.15, -0.1) is 0 Å². The summed E-state index contributed by atoms with van der Waals surface area (Å²) >= 11 is 0. The molecule has 0 aromatic heterocycles. The van der Waals surface area contributed by atoms with Gasteiger partial charge in [0.1, 0.15) is 6.10 Å². The van der Waals surface area contributed by atoms with E-state index in [-0.39, 0.29) is 5.91 Å². The molecule has 0 aliphatic carbocycles. The van der Waals surface area contributed by atoms with Crippen molar-refractivity contribution in [3.63, 3.8) is 0 Å². The van der Waals surface area contributed by atoms with E-state index in [0.717, 1.165) is 11.3 Å². The van der Waals surface area contributed by atoms with Gasteiger partial charge in [-0.05, 0) is 38.5 Å². The van der Waals surface area contributed by atoms with Gasteiger partial charge in [0.2, 0.25) is 0 Å². The van der Waals surface area contributed by atoms with E-state index in [2.05, 4.69) is 5.43 Å². The molecule has 1 N–H and O–H groups in total. The number of carbonyl (C=O) groups is 1. The third-order valence-corrected chi connectivity index (χ3v) is 3.62. The van der Waals surface area contributed by atoms with E-state index in [0.29, 0.717) is 13.2 Å². The van der Waals surface area contributed by atoms with E-state index in [1.54, 1.807) is 6.92 Å². The number of hydrogen-bond donors (Lipinski definition) is 1. The summed E-state index contributed by atoms with van der Waals surface area (Å²) in [5.74, 6) is -0.150. The highest BCUT2D eigenvalue weighted by Gasteiger charge is 2.16. The highest BCUT2D eigenvalue weighted by atomic mass is 16.5. The lowest BCUT2D eigenvalue weighted by atomic mass is 10.2. The molecule has 4 heteroatoms. The number of hydrogen-bond acceptors (Lipinski definition) is 3. The molecule has 0 saturated heterocycles. The summed E-state index contributed by atoms with van der Waals surface area (Å²) in [5.41, 5.74) is 6.11. The molecule has 0 heterocycles. The smallest absolute Gasteiger partial charge is 0.267 e. The van der Waals surface area contributed by atoms with Crippen molar-refractivity contribution in [1.29, 1.82) is 0 Å². The lowest BCUT2D eigenvalue weighted by Crippen LogP contribution is -2.46. The third-order valence-electron chi connectivity index (χ3n) is 3.62. The predicted molar refractivity (Wildman–Crippen MR) is 93.0 cm³/mol. The Kier molecular flexibility index (Phi) is 6.18. The first kappa shape index (κ1) is 17.0. The zero-order valence-corrected chi connectivity index (χ0v) is 14.0. The average Bonchev–Trinajstić information content (AvgIpc) is 2.59. The first-order valence-electron chi connectivity index (χ1n) is 7.90. The fourth-order valence-corrected chi connectivity index (χ4v) is 2.15. The van der Waals surface area contributed by atoms with Crippen molar-refractivity contribution in [1.82, 2.24) is 5.43 Å². The predicted octanol–water partition coefficient (Wildman–Crippen LogP) is 3.46. The maximum absolute atomic E-state index is 12.3. The molecule has 23 heavy (non-hydrogen) atoms. The standard InChI is InChI=1S/C19H24N2O2/c1-4-21(18-12-10-15(2)11-13-18)20-19(22)16(3)23-14-17-8-6-5-7-9-17/h5-13,16H,4,14H2,1-3H3,(H,20,22)/t16-/m0/s1. The van der Waals surface area contributed by atoms with Gasteiger partial charge >= 0.3 is 0 Å². The summed E-state index contributed by atoms with van der Waals surface area (Å²) < 4.78 is 5.65. The van der Waals surface area contributed by atoms with Crippen LogP contribution in [-0.4, -0.2) is 18.6 Å². The quantitative estimate of drug-likeness (QED) is 0.796. The Morgan fingerprint density at radius 3 is 2.39 bits per heavy atom. The number of nitrogens with zero attached hydrogens (tertiary/aromatic N) is 1. The van der Waals surface area contributed by atoms with Gasteiger partial charge in [-0.2, -0.15) is 0 Å². The van der Waals surface area contributed by atoms with Crippen LogP contribution in [0.25, 0.3) is 0 Å². The molecule has 0 aliphatic heterocycles. The van der Waals surface area contributed by atoms with Crippen molar-refractivity contribution < 1.29 is 9.53 Å². The lowest BCUT2D eigenvalue weighted by Gasteiger charge is -2.25. The van der Waals surface area contributed by atoms with E-state index >= 15 is 0 Å². The van der Waals surface area contributed by atoms with E-state index in [9.17, 15) is 4.79 Å². The molecule has 0 bridgehead atoms. The van der Waals surface area contributed by atoms with E-state index in [4.69, 9.17) is 4.74 Å². The van der Waals surface area contributed by atoms with Crippen molar-refractivity contribution in [3.8, 4) is 0 Å². The number of rotatable bonds is 7. The average molecular weight is 312 g/mol. The summed E-state index contributed by atoms with van der Waals surface area (Å²) in [6, 6.07) is 17.9. The zero-order chi connectivity index (χ0) is 16.7. The summed E-state index contributed by atoms with van der Waals surface area (Å²) in [5, 5.41) is 1.82. The van der Waals surface area contributed by atoms with Gasteiger partial charge in [0.05, 0.1) is 12.3 Å². The monoisotopic (exact) mass is 312 g/mol. The van der Waals surface area contributed by atoms with E-state index < -0.39 is 6.10 Å². The molecule has 4 nitrogen and oxygen atoms in total. The third kappa shape index (κ3) is 5.11. The normalized spacial score (nSPS) is 11.8. The Morgan fingerprint density at radius 1 is 1.13 bits per heavy atom. The number of ether oxygens (including phenoxy) is 1. The second-order valence-corrected chi connectivity index (χ2v) is 5.49. The fourth-order valence-electron chi connectivity index (χ4n) is 2.15. The van der Waals surface area contributed by atoms with Gasteiger partial charge in [0.25, 0.3) is 5.91 Å². The van der Waals surface area contributed by atoms with Gasteiger partial charge in [0.15, 0.2) is 0 Å². The highest BCUT2D eigenvalue weighted by molar-refractivity contribution is 5.82. The molecular weight excluding hydrogens is 288 g/mol. The van der Waals surface area contributed by atoms with Crippen LogP contribution in [0.15, 0.2) is 54.6 Å². The number of aryl methyl sites for hydroxylation is 1. The minimum absolute atomic E-state index is 0.150. The largest absolute Gasteiger partial charge is 0.364 e. The Balaban J connectivity index is 1.89. The fraction of sp³-hybridized carbons (Fsp3) is 0.316. The first-order chi connectivity index (χ1) is 11.1. The van der Waals surface area contributed by atoms with Gasteiger partial charge in [-0.25, -0.2) is 0 Å². The van der Waals surface area contributed by atoms with Crippen molar-refractivity contribution in [2.75, 3.05) is 11.6 Å². The molecule has 0 aliphatic rings. The molecule has 0 saturated carbocycles. The maximum atomic E-state index is 12.3. The molecular formula is C19H24N2O2. The van der Waals surface area contributed by atoms with Gasteiger partial charge in [0, 0.05) is 6.54 Å². The van der Waals surface area contributed by atoms with Crippen LogP contribution in [0.4, 0.5) is 5.69 Å². The molecule has 0 radical (unpaired) electrons. The highest BCUT2D eigenvalue weighted by Crippen LogP contribution is 2.13. The SMILES string of the molecule is CCN(NC(=O)[C@H](C)OCc1ccccc1)c1ccc(C)cc1. The van der Waals surface area contributed by atoms with E-state index in [1.165, 1.54) is 5.56 Å². The Morgan fingerprint density at radius 2 is 1.78 bits per heavy atom. The molecule has 0 fully saturated rings. The minimum atomic E-state index is -0.519. The van der Waals surface area contributed by atoms with Crippen LogP contribution in [0.1, 0.15) is 25.0 Å². The van der Waals surface area contributed by atoms with Crippen LogP contribution in [0.3, 0.4) is 0 Å². The number of anilines is 1. The van der Waals surface area contributed by atoms with Gasteiger partial charge in [-0.3, -0.25) is 15.2 Å². The first-order valence-corrected chi connectivity index (χ1v) is 7.90. The van der Waals surface area contributed by atoms with Crippen LogP contribution < -0.4 is 10.4 Å².